The summed E-state index contributed by atoms with van der Waals surface area (Å²) in [6, 6.07) is 9.63. The predicted octanol–water partition coefficient (Wildman–Crippen LogP) is 3.43. The number of aromatic nitrogens is 1. The number of ether oxygens (including phenoxy) is 1. The molecule has 0 atom stereocenters. The van der Waals surface area contributed by atoms with Crippen molar-refractivity contribution in [2.45, 2.75) is 25.9 Å². The molecule has 1 aliphatic rings. The van der Waals surface area contributed by atoms with Crippen molar-refractivity contribution in [3.63, 3.8) is 0 Å². The Morgan fingerprint density at radius 3 is 2.60 bits per heavy atom. The minimum atomic E-state index is -0.988. The maximum Gasteiger partial charge on any atom is 0.410 e. The molecular weight excluding hydrogens is 340 g/mol. The van der Waals surface area contributed by atoms with E-state index >= 15 is 0 Å². The molecule has 0 aliphatic carbocycles. The van der Waals surface area contributed by atoms with Crippen LogP contribution in [0.3, 0.4) is 0 Å². The molecule has 1 aromatic carbocycles. The summed E-state index contributed by atoms with van der Waals surface area (Å²) in [5, 5.41) is 11.3. The van der Waals surface area contributed by atoms with Gasteiger partial charge in [-0.25, -0.2) is 14.6 Å². The van der Waals surface area contributed by atoms with Gasteiger partial charge in [-0.05, 0) is 24.3 Å². The second-order valence-corrected chi connectivity index (χ2v) is 7.05. The molecule has 2 heterocycles. The fourth-order valence-corrected chi connectivity index (χ4v) is 3.76. The van der Waals surface area contributed by atoms with Crippen LogP contribution in [0.15, 0.2) is 35.7 Å². The van der Waals surface area contributed by atoms with Gasteiger partial charge in [0.15, 0.2) is 5.69 Å². The maximum absolute atomic E-state index is 12.1. The lowest BCUT2D eigenvalue weighted by molar-refractivity contribution is 0.0690. The topological polar surface area (TPSA) is 79.7 Å². The summed E-state index contributed by atoms with van der Waals surface area (Å²) >= 11 is 1.39. The number of carbonyl (C=O) groups is 2. The largest absolute Gasteiger partial charge is 0.476 e. The number of nitrogens with zero attached hydrogens (tertiary/aromatic N) is 2. The zero-order chi connectivity index (χ0) is 17.6. The van der Waals surface area contributed by atoms with Crippen LogP contribution in [0.5, 0.6) is 0 Å². The second-order valence-electron chi connectivity index (χ2n) is 6.11. The highest BCUT2D eigenvalue weighted by Crippen LogP contribution is 2.24. The highest BCUT2D eigenvalue weighted by Gasteiger charge is 2.25. The van der Waals surface area contributed by atoms with Crippen LogP contribution in [-0.4, -0.2) is 40.1 Å². The molecule has 0 radical (unpaired) electrons. The number of benzene rings is 1. The minimum absolute atomic E-state index is 0.113. The first-order valence-electron chi connectivity index (χ1n) is 8.25. The number of hydrogen-bond donors (Lipinski definition) is 1. The Bertz CT molecular complexity index is 724. The average molecular weight is 360 g/mol. The zero-order valence-electron chi connectivity index (χ0n) is 13.8. The fourth-order valence-electron chi connectivity index (χ4n) is 2.88. The van der Waals surface area contributed by atoms with E-state index in [0.29, 0.717) is 19.0 Å². The molecule has 25 heavy (non-hydrogen) atoms. The number of aromatic carboxylic acids is 1. The van der Waals surface area contributed by atoms with E-state index in [2.05, 4.69) is 4.98 Å². The number of piperidine rings is 1. The summed E-state index contributed by atoms with van der Waals surface area (Å²) < 4.78 is 5.36. The summed E-state index contributed by atoms with van der Waals surface area (Å²) in [7, 11) is 0. The van der Waals surface area contributed by atoms with E-state index in [0.717, 1.165) is 29.8 Å². The maximum atomic E-state index is 12.1. The van der Waals surface area contributed by atoms with Crippen LogP contribution in [0.4, 0.5) is 4.79 Å². The Balaban J connectivity index is 1.43. The predicted molar refractivity (Wildman–Crippen MR) is 93.7 cm³/mol. The van der Waals surface area contributed by atoms with Gasteiger partial charge < -0.3 is 14.7 Å². The first-order valence-corrected chi connectivity index (χ1v) is 9.13. The second kappa shape index (κ2) is 8.11. The average Bonchev–Trinajstić information content (AvgIpc) is 3.10. The van der Waals surface area contributed by atoms with Crippen LogP contribution in [-0.2, 0) is 17.8 Å². The van der Waals surface area contributed by atoms with Crippen molar-refractivity contribution < 1.29 is 19.4 Å². The minimum Gasteiger partial charge on any atom is -0.476 e. The summed E-state index contributed by atoms with van der Waals surface area (Å²) in [5.41, 5.74) is 1.09. The third kappa shape index (κ3) is 4.79. The van der Waals surface area contributed by atoms with E-state index in [1.807, 2.05) is 30.3 Å². The molecule has 1 aliphatic heterocycles. The van der Waals surface area contributed by atoms with Crippen molar-refractivity contribution in [2.24, 2.45) is 5.92 Å². The van der Waals surface area contributed by atoms with Gasteiger partial charge in [0.2, 0.25) is 0 Å². The molecule has 1 aromatic heterocycles. The summed E-state index contributed by atoms with van der Waals surface area (Å²) in [4.78, 5) is 28.9. The number of hydrogen-bond acceptors (Lipinski definition) is 5. The van der Waals surface area contributed by atoms with Gasteiger partial charge in [-0.2, -0.15) is 0 Å². The van der Waals surface area contributed by atoms with Gasteiger partial charge in [-0.1, -0.05) is 30.3 Å². The van der Waals surface area contributed by atoms with Gasteiger partial charge in [-0.3, -0.25) is 0 Å². The van der Waals surface area contributed by atoms with Gasteiger partial charge in [-0.15, -0.1) is 11.3 Å². The number of carboxylic acids is 1. The quantitative estimate of drug-likeness (QED) is 0.883. The molecule has 3 rings (SSSR count). The van der Waals surface area contributed by atoms with Crippen LogP contribution in [0, 0.1) is 5.92 Å². The first-order chi connectivity index (χ1) is 12.1. The van der Waals surface area contributed by atoms with Gasteiger partial charge in [0, 0.05) is 24.9 Å². The van der Waals surface area contributed by atoms with Crippen LogP contribution < -0.4 is 0 Å². The number of likely N-dealkylation sites (tertiary alicyclic amines) is 1. The monoisotopic (exact) mass is 360 g/mol. The van der Waals surface area contributed by atoms with Crippen molar-refractivity contribution in [2.75, 3.05) is 13.1 Å². The number of rotatable bonds is 5. The number of carbonyl (C=O) groups excluding carboxylic acids is 1. The number of thiazole rings is 1. The Labute approximate surface area is 150 Å². The molecular formula is C18H20N2O4S. The molecule has 6 nitrogen and oxygen atoms in total. The van der Waals surface area contributed by atoms with Gasteiger partial charge in [0.05, 0.1) is 5.01 Å². The molecule has 7 heteroatoms. The molecule has 2 aromatic rings. The Morgan fingerprint density at radius 2 is 1.96 bits per heavy atom. The van der Waals surface area contributed by atoms with E-state index in [4.69, 9.17) is 9.84 Å². The highest BCUT2D eigenvalue weighted by atomic mass is 32.1. The smallest absolute Gasteiger partial charge is 0.410 e. The molecule has 1 N–H and O–H groups in total. The van der Waals surface area contributed by atoms with Gasteiger partial charge >= 0.3 is 12.1 Å². The SMILES string of the molecule is O=C(O)c1csc(CC2CCN(C(=O)OCc3ccccc3)CC2)n1. The third-order valence-corrected chi connectivity index (χ3v) is 5.18. The highest BCUT2D eigenvalue weighted by molar-refractivity contribution is 7.09. The lowest BCUT2D eigenvalue weighted by Gasteiger charge is -2.31. The van der Waals surface area contributed by atoms with E-state index < -0.39 is 5.97 Å². The molecule has 1 saturated heterocycles. The van der Waals surface area contributed by atoms with E-state index in [1.54, 1.807) is 10.3 Å². The third-order valence-electron chi connectivity index (χ3n) is 4.31. The molecule has 0 spiro atoms. The molecule has 0 saturated carbocycles. The molecule has 1 amide bonds. The van der Waals surface area contributed by atoms with Crippen molar-refractivity contribution in [1.29, 1.82) is 0 Å². The molecule has 0 unspecified atom stereocenters. The summed E-state index contributed by atoms with van der Waals surface area (Å²) in [5.74, 6) is -0.565. The first kappa shape index (κ1) is 17.4. The molecule has 132 valence electrons. The fraction of sp³-hybridized carbons (Fsp3) is 0.389. The van der Waals surface area contributed by atoms with Crippen molar-refractivity contribution in [3.05, 3.63) is 52.0 Å². The van der Waals surface area contributed by atoms with E-state index in [-0.39, 0.29) is 18.4 Å². The lowest BCUT2D eigenvalue weighted by atomic mass is 9.94. The van der Waals surface area contributed by atoms with E-state index in [9.17, 15) is 9.59 Å². The van der Waals surface area contributed by atoms with Crippen molar-refractivity contribution >= 4 is 23.4 Å². The Morgan fingerprint density at radius 1 is 1.24 bits per heavy atom. The van der Waals surface area contributed by atoms with Crippen LogP contribution >= 0.6 is 11.3 Å². The van der Waals surface area contributed by atoms with Crippen LogP contribution in [0.1, 0.15) is 33.9 Å². The van der Waals surface area contributed by atoms with Crippen molar-refractivity contribution in [1.82, 2.24) is 9.88 Å². The normalized spacial score (nSPS) is 15.1. The van der Waals surface area contributed by atoms with Crippen molar-refractivity contribution in [3.8, 4) is 0 Å². The summed E-state index contributed by atoms with van der Waals surface area (Å²) in [6.07, 6.45) is 2.25. The van der Waals surface area contributed by atoms with E-state index in [1.165, 1.54) is 11.3 Å². The van der Waals surface area contributed by atoms with Gasteiger partial charge in [0.25, 0.3) is 0 Å². The molecule has 0 bridgehead atoms. The Hall–Kier alpha value is -2.41. The number of carboxylic acid groups (broad SMARTS) is 1. The van der Waals surface area contributed by atoms with Crippen LogP contribution in [0.2, 0.25) is 0 Å². The summed E-state index contributed by atoms with van der Waals surface area (Å²) in [6.45, 7) is 1.61. The number of amides is 1. The zero-order valence-corrected chi connectivity index (χ0v) is 14.6. The standard InChI is InChI=1S/C18H20N2O4S/c21-17(22)15-12-25-16(19-15)10-13-6-8-20(9-7-13)18(23)24-11-14-4-2-1-3-5-14/h1-5,12-13H,6-11H2,(H,21,22). The molecule has 1 fully saturated rings. The van der Waals surface area contributed by atoms with Crippen LogP contribution in [0.25, 0.3) is 0 Å². The Kier molecular flexibility index (Phi) is 5.65. The lowest BCUT2D eigenvalue weighted by Crippen LogP contribution is -2.39. The van der Waals surface area contributed by atoms with Gasteiger partial charge in [0.1, 0.15) is 6.61 Å².